The molecule has 0 aliphatic carbocycles. The van der Waals surface area contributed by atoms with Crippen molar-refractivity contribution in [2.45, 2.75) is 12.6 Å². The van der Waals surface area contributed by atoms with Crippen molar-refractivity contribution in [3.05, 3.63) is 52.7 Å². The van der Waals surface area contributed by atoms with Gasteiger partial charge in [-0.3, -0.25) is 0 Å². The molecule has 3 rings (SSSR count). The third-order valence-electron chi connectivity index (χ3n) is 3.40. The smallest absolute Gasteiger partial charge is 0.364 e. The molecular weight excluding hydrogens is 361 g/mol. The fourth-order valence-corrected chi connectivity index (χ4v) is 2.31. The average Bonchev–Trinajstić information content (AvgIpc) is 2.59. The summed E-state index contributed by atoms with van der Waals surface area (Å²) in [6.45, 7) is -0.811. The van der Waals surface area contributed by atoms with Gasteiger partial charge in [0, 0.05) is 17.8 Å². The number of hydrogen-bond donors (Lipinski definition) is 1. The SMILES string of the molecule is O=c1nc(NCC(F)F)c2ccc(C(F)(F)F)cc2n1-c1ncccn1. The minimum Gasteiger partial charge on any atom is -0.364 e. The van der Waals surface area contributed by atoms with Crippen molar-refractivity contribution in [1.82, 2.24) is 19.5 Å². The molecule has 0 saturated carbocycles. The second-order valence-corrected chi connectivity index (χ2v) is 5.13. The van der Waals surface area contributed by atoms with Gasteiger partial charge in [-0.15, -0.1) is 0 Å². The zero-order valence-corrected chi connectivity index (χ0v) is 12.8. The Kier molecular flexibility index (Phi) is 4.53. The van der Waals surface area contributed by atoms with E-state index in [1.54, 1.807) is 0 Å². The van der Waals surface area contributed by atoms with Gasteiger partial charge in [0.1, 0.15) is 5.82 Å². The van der Waals surface area contributed by atoms with Crippen molar-refractivity contribution in [3.63, 3.8) is 0 Å². The van der Waals surface area contributed by atoms with Crippen LogP contribution in [-0.2, 0) is 6.18 Å². The molecule has 6 nitrogen and oxygen atoms in total. The van der Waals surface area contributed by atoms with E-state index in [1.807, 2.05) is 0 Å². The highest BCUT2D eigenvalue weighted by Crippen LogP contribution is 2.32. The molecule has 0 aliphatic rings. The predicted molar refractivity (Wildman–Crippen MR) is 82.4 cm³/mol. The summed E-state index contributed by atoms with van der Waals surface area (Å²) in [6.07, 6.45) is -4.79. The van der Waals surface area contributed by atoms with E-state index in [9.17, 15) is 26.7 Å². The molecule has 2 heterocycles. The zero-order chi connectivity index (χ0) is 18.9. The van der Waals surface area contributed by atoms with Gasteiger partial charge < -0.3 is 5.32 Å². The van der Waals surface area contributed by atoms with Gasteiger partial charge in [0.05, 0.1) is 17.6 Å². The van der Waals surface area contributed by atoms with Crippen molar-refractivity contribution >= 4 is 16.7 Å². The van der Waals surface area contributed by atoms with E-state index >= 15 is 0 Å². The first-order chi connectivity index (χ1) is 12.3. The highest BCUT2D eigenvalue weighted by molar-refractivity contribution is 5.90. The van der Waals surface area contributed by atoms with E-state index in [1.165, 1.54) is 18.5 Å². The van der Waals surface area contributed by atoms with Gasteiger partial charge in [0.25, 0.3) is 6.43 Å². The van der Waals surface area contributed by atoms with Crippen molar-refractivity contribution in [1.29, 1.82) is 0 Å². The number of nitrogens with one attached hydrogen (secondary N) is 1. The third-order valence-corrected chi connectivity index (χ3v) is 3.40. The molecule has 0 aliphatic heterocycles. The largest absolute Gasteiger partial charge is 0.416 e. The summed E-state index contributed by atoms with van der Waals surface area (Å²) in [5.74, 6) is -0.430. The maximum atomic E-state index is 13.1. The minimum atomic E-state index is -4.66. The molecular formula is C15H10F5N5O. The van der Waals surface area contributed by atoms with Crippen LogP contribution in [0.5, 0.6) is 0 Å². The Labute approximate surface area is 142 Å². The third kappa shape index (κ3) is 3.46. The molecule has 136 valence electrons. The molecule has 0 radical (unpaired) electrons. The lowest BCUT2D eigenvalue weighted by atomic mass is 10.1. The monoisotopic (exact) mass is 371 g/mol. The molecule has 3 aromatic rings. The zero-order valence-electron chi connectivity index (χ0n) is 12.8. The molecule has 2 aromatic heterocycles. The number of benzene rings is 1. The molecule has 0 amide bonds. The standard InChI is InChI=1S/C15H10F5N5O/c16-11(17)7-23-12-9-3-2-8(15(18,19)20)6-10(9)25(14(26)24-12)13-21-4-1-5-22-13/h1-6,11H,7H2,(H,23,24,26). The topological polar surface area (TPSA) is 72.7 Å². The molecule has 0 atom stereocenters. The fourth-order valence-electron chi connectivity index (χ4n) is 2.31. The first-order valence-electron chi connectivity index (χ1n) is 7.21. The van der Waals surface area contributed by atoms with Crippen LogP contribution in [0.3, 0.4) is 0 Å². The maximum Gasteiger partial charge on any atom is 0.416 e. The Morgan fingerprint density at radius 1 is 1.15 bits per heavy atom. The number of fused-ring (bicyclic) bond motifs is 1. The van der Waals surface area contributed by atoms with Gasteiger partial charge in [-0.1, -0.05) is 0 Å². The van der Waals surface area contributed by atoms with Crippen LogP contribution in [0.1, 0.15) is 5.56 Å². The number of aromatic nitrogens is 4. The maximum absolute atomic E-state index is 13.1. The fraction of sp³-hybridized carbons (Fsp3) is 0.200. The second kappa shape index (κ2) is 6.65. The minimum absolute atomic E-state index is 0.0469. The number of anilines is 1. The normalized spacial score (nSPS) is 11.9. The van der Waals surface area contributed by atoms with Crippen LogP contribution in [0.2, 0.25) is 0 Å². The van der Waals surface area contributed by atoms with Crippen LogP contribution in [0, 0.1) is 0 Å². The summed E-state index contributed by atoms with van der Waals surface area (Å²) in [6, 6.07) is 4.02. The van der Waals surface area contributed by atoms with Gasteiger partial charge in [-0.2, -0.15) is 18.2 Å². The highest BCUT2D eigenvalue weighted by atomic mass is 19.4. The van der Waals surface area contributed by atoms with Crippen LogP contribution < -0.4 is 11.0 Å². The highest BCUT2D eigenvalue weighted by Gasteiger charge is 2.31. The summed E-state index contributed by atoms with van der Waals surface area (Å²) in [7, 11) is 0. The predicted octanol–water partition coefficient (Wildman–Crippen LogP) is 2.87. The van der Waals surface area contributed by atoms with Crippen LogP contribution in [-0.4, -0.2) is 32.5 Å². The molecule has 0 saturated heterocycles. The number of alkyl halides is 5. The van der Waals surface area contributed by atoms with E-state index in [4.69, 9.17) is 0 Å². The molecule has 0 bridgehead atoms. The summed E-state index contributed by atoms with van der Waals surface area (Å²) in [4.78, 5) is 23.7. The number of nitrogens with zero attached hydrogens (tertiary/aromatic N) is 4. The first kappa shape index (κ1) is 17.7. The molecule has 0 spiro atoms. The summed E-state index contributed by atoms with van der Waals surface area (Å²) in [5, 5.41) is 2.32. The lowest BCUT2D eigenvalue weighted by Gasteiger charge is -2.14. The van der Waals surface area contributed by atoms with Crippen LogP contribution >= 0.6 is 0 Å². The van der Waals surface area contributed by atoms with Crippen LogP contribution in [0.25, 0.3) is 16.9 Å². The van der Waals surface area contributed by atoms with Crippen LogP contribution in [0.15, 0.2) is 41.5 Å². The van der Waals surface area contributed by atoms with E-state index in [2.05, 4.69) is 20.3 Å². The van der Waals surface area contributed by atoms with Gasteiger partial charge in [0.2, 0.25) is 5.95 Å². The molecule has 0 unspecified atom stereocenters. The summed E-state index contributed by atoms with van der Waals surface area (Å²) < 4.78 is 64.8. The van der Waals surface area contributed by atoms with Gasteiger partial charge in [0.15, 0.2) is 0 Å². The summed E-state index contributed by atoms with van der Waals surface area (Å²) >= 11 is 0. The van der Waals surface area contributed by atoms with Gasteiger partial charge in [-0.25, -0.2) is 28.1 Å². The van der Waals surface area contributed by atoms with Gasteiger partial charge in [-0.05, 0) is 24.3 Å². The van der Waals surface area contributed by atoms with Crippen LogP contribution in [0.4, 0.5) is 27.8 Å². The second-order valence-electron chi connectivity index (χ2n) is 5.13. The quantitative estimate of drug-likeness (QED) is 0.714. The summed E-state index contributed by atoms with van der Waals surface area (Å²) in [5.41, 5.74) is -2.22. The number of halogens is 5. The molecule has 1 N–H and O–H groups in total. The Bertz CT molecular complexity index is 987. The van der Waals surface area contributed by atoms with Crippen molar-refractivity contribution < 1.29 is 22.0 Å². The number of hydrogen-bond acceptors (Lipinski definition) is 5. The Morgan fingerprint density at radius 2 is 1.85 bits per heavy atom. The van der Waals surface area contributed by atoms with E-state index in [0.29, 0.717) is 0 Å². The lowest BCUT2D eigenvalue weighted by Crippen LogP contribution is -2.26. The first-order valence-corrected chi connectivity index (χ1v) is 7.21. The Morgan fingerprint density at radius 3 is 2.46 bits per heavy atom. The Hall–Kier alpha value is -3.11. The average molecular weight is 371 g/mol. The van der Waals surface area contributed by atoms with Crippen molar-refractivity contribution in [3.8, 4) is 5.95 Å². The van der Waals surface area contributed by atoms with Crippen molar-refractivity contribution in [2.75, 3.05) is 11.9 Å². The lowest BCUT2D eigenvalue weighted by molar-refractivity contribution is -0.137. The van der Waals surface area contributed by atoms with Gasteiger partial charge >= 0.3 is 11.9 Å². The van der Waals surface area contributed by atoms with E-state index in [-0.39, 0.29) is 22.7 Å². The number of rotatable bonds is 4. The molecule has 26 heavy (non-hydrogen) atoms. The van der Waals surface area contributed by atoms with Crippen molar-refractivity contribution in [2.24, 2.45) is 0 Å². The van der Waals surface area contributed by atoms with E-state index < -0.39 is 30.4 Å². The molecule has 0 fully saturated rings. The Balaban J connectivity index is 2.30. The molecule has 1 aromatic carbocycles. The van der Waals surface area contributed by atoms with E-state index in [0.717, 1.165) is 22.8 Å². The molecule has 11 heteroatoms.